The Kier molecular flexibility index (Phi) is 6.34. The van der Waals surface area contributed by atoms with Gasteiger partial charge in [-0.25, -0.2) is 4.79 Å². The number of amides is 2. The van der Waals surface area contributed by atoms with Crippen molar-refractivity contribution in [2.75, 3.05) is 45.2 Å². The van der Waals surface area contributed by atoms with Crippen LogP contribution in [0, 0.1) is 12.8 Å². The lowest BCUT2D eigenvalue weighted by atomic mass is 10.1. The van der Waals surface area contributed by atoms with Crippen LogP contribution < -0.4 is 26.0 Å². The minimum Gasteiger partial charge on any atom is -0.491 e. The van der Waals surface area contributed by atoms with E-state index in [0.29, 0.717) is 30.8 Å². The van der Waals surface area contributed by atoms with Crippen molar-refractivity contribution in [3.63, 3.8) is 0 Å². The summed E-state index contributed by atoms with van der Waals surface area (Å²) in [6, 6.07) is 6.08. The number of ether oxygens (including phenoxy) is 1. The molecule has 3 atom stereocenters. The van der Waals surface area contributed by atoms with Gasteiger partial charge in [-0.1, -0.05) is 6.07 Å². The Morgan fingerprint density at radius 2 is 2.19 bits per heavy atom. The summed E-state index contributed by atoms with van der Waals surface area (Å²) in [7, 11) is 2.14. The largest absolute Gasteiger partial charge is 0.491 e. The van der Waals surface area contributed by atoms with Gasteiger partial charge >= 0.3 is 6.03 Å². The summed E-state index contributed by atoms with van der Waals surface area (Å²) in [6.07, 6.45) is 1.08. The maximum Gasteiger partial charge on any atom is 0.320 e. The molecule has 0 spiro atoms. The number of carbonyl (C=O) groups is 1. The fourth-order valence-corrected chi connectivity index (χ4v) is 3.44. The standard InChI is InChI=1S/C19H31N5O2/c1-13-4-5-17(26-12-15-6-7-24(3)11-15)16(8-13)22-19(25)23-18-10-20-14(2)9-21-18/h4-5,8,14-15,18,20-21H,6-7,9-12H2,1-3H3,(H2,22,23,25). The first-order chi connectivity index (χ1) is 12.5. The van der Waals surface area contributed by atoms with E-state index in [4.69, 9.17) is 4.74 Å². The molecular weight excluding hydrogens is 330 g/mol. The number of hydrogen-bond acceptors (Lipinski definition) is 5. The van der Waals surface area contributed by atoms with Crippen molar-refractivity contribution in [3.05, 3.63) is 23.8 Å². The number of likely N-dealkylation sites (tertiary alicyclic amines) is 1. The highest BCUT2D eigenvalue weighted by Gasteiger charge is 2.21. The molecule has 2 aliphatic rings. The van der Waals surface area contributed by atoms with E-state index in [0.717, 1.165) is 37.4 Å². The van der Waals surface area contributed by atoms with Crippen molar-refractivity contribution in [3.8, 4) is 5.75 Å². The first-order valence-corrected chi connectivity index (χ1v) is 9.46. The van der Waals surface area contributed by atoms with Crippen LogP contribution in [0.1, 0.15) is 18.9 Å². The summed E-state index contributed by atoms with van der Waals surface area (Å²) >= 11 is 0. The van der Waals surface area contributed by atoms with Crippen LogP contribution in [0.25, 0.3) is 0 Å². The summed E-state index contributed by atoms with van der Waals surface area (Å²) in [5, 5.41) is 12.5. The lowest BCUT2D eigenvalue weighted by molar-refractivity contribution is 0.238. The second-order valence-corrected chi connectivity index (χ2v) is 7.60. The van der Waals surface area contributed by atoms with Gasteiger partial charge in [-0.2, -0.15) is 0 Å². The van der Waals surface area contributed by atoms with E-state index in [2.05, 4.69) is 40.1 Å². The van der Waals surface area contributed by atoms with E-state index < -0.39 is 0 Å². The molecular formula is C19H31N5O2. The molecule has 3 unspecified atom stereocenters. The van der Waals surface area contributed by atoms with Crippen LogP contribution in [-0.2, 0) is 0 Å². The second-order valence-electron chi connectivity index (χ2n) is 7.60. The van der Waals surface area contributed by atoms with Crippen LogP contribution in [0.4, 0.5) is 10.5 Å². The molecule has 2 saturated heterocycles. The van der Waals surface area contributed by atoms with Crippen molar-refractivity contribution in [2.24, 2.45) is 5.92 Å². The summed E-state index contributed by atoms with van der Waals surface area (Å²) in [5.74, 6) is 1.27. The predicted octanol–water partition coefficient (Wildman–Crippen LogP) is 1.35. The highest BCUT2D eigenvalue weighted by molar-refractivity contribution is 5.91. The van der Waals surface area contributed by atoms with Gasteiger partial charge < -0.3 is 25.6 Å². The van der Waals surface area contributed by atoms with Gasteiger partial charge in [-0.15, -0.1) is 0 Å². The Morgan fingerprint density at radius 1 is 1.35 bits per heavy atom. The minimum atomic E-state index is -0.227. The molecule has 2 amide bonds. The molecule has 0 bridgehead atoms. The quantitative estimate of drug-likeness (QED) is 0.637. The lowest BCUT2D eigenvalue weighted by Crippen LogP contribution is -2.60. The van der Waals surface area contributed by atoms with Crippen LogP contribution in [0.2, 0.25) is 0 Å². The zero-order valence-electron chi connectivity index (χ0n) is 16.0. The van der Waals surface area contributed by atoms with E-state index in [1.54, 1.807) is 0 Å². The highest BCUT2D eigenvalue weighted by Crippen LogP contribution is 2.27. The topological polar surface area (TPSA) is 77.7 Å². The Balaban J connectivity index is 1.55. The molecule has 2 heterocycles. The number of benzene rings is 1. The van der Waals surface area contributed by atoms with Crippen LogP contribution >= 0.6 is 0 Å². The first-order valence-electron chi connectivity index (χ1n) is 9.46. The van der Waals surface area contributed by atoms with Gasteiger partial charge in [0.25, 0.3) is 0 Å². The van der Waals surface area contributed by atoms with Crippen molar-refractivity contribution in [2.45, 2.75) is 32.5 Å². The van der Waals surface area contributed by atoms with Gasteiger partial charge in [0.15, 0.2) is 0 Å². The Bertz CT molecular complexity index is 616. The van der Waals surface area contributed by atoms with Crippen molar-refractivity contribution >= 4 is 11.7 Å². The molecule has 0 aliphatic carbocycles. The van der Waals surface area contributed by atoms with E-state index in [1.165, 1.54) is 0 Å². The third-order valence-electron chi connectivity index (χ3n) is 4.99. The van der Waals surface area contributed by atoms with Gasteiger partial charge in [0.2, 0.25) is 0 Å². The number of piperazine rings is 1. The van der Waals surface area contributed by atoms with Crippen LogP contribution in [0.15, 0.2) is 18.2 Å². The third kappa shape index (κ3) is 5.33. The van der Waals surface area contributed by atoms with Crippen molar-refractivity contribution in [1.82, 2.24) is 20.9 Å². The fraction of sp³-hybridized carbons (Fsp3) is 0.632. The van der Waals surface area contributed by atoms with E-state index >= 15 is 0 Å². The second kappa shape index (κ2) is 8.70. The molecule has 2 aliphatic heterocycles. The number of nitrogens with one attached hydrogen (secondary N) is 4. The number of rotatable bonds is 5. The minimum absolute atomic E-state index is 0.0746. The Labute approximate surface area is 155 Å². The maximum atomic E-state index is 12.4. The monoisotopic (exact) mass is 361 g/mol. The number of urea groups is 1. The van der Waals surface area contributed by atoms with Gasteiger partial charge in [0.1, 0.15) is 5.75 Å². The molecule has 0 saturated carbocycles. The molecule has 0 radical (unpaired) electrons. The number of carbonyl (C=O) groups excluding carboxylic acids is 1. The first kappa shape index (κ1) is 18.9. The summed E-state index contributed by atoms with van der Waals surface area (Å²) < 4.78 is 6.03. The predicted molar refractivity (Wildman–Crippen MR) is 104 cm³/mol. The maximum absolute atomic E-state index is 12.4. The summed E-state index contributed by atoms with van der Waals surface area (Å²) in [5.41, 5.74) is 1.80. The molecule has 7 heteroatoms. The fourth-order valence-electron chi connectivity index (χ4n) is 3.44. The van der Waals surface area contributed by atoms with Gasteiger partial charge in [0.05, 0.1) is 18.5 Å². The van der Waals surface area contributed by atoms with Gasteiger partial charge in [-0.3, -0.25) is 5.32 Å². The molecule has 2 fully saturated rings. The van der Waals surface area contributed by atoms with E-state index in [-0.39, 0.29) is 12.2 Å². The molecule has 4 N–H and O–H groups in total. The number of hydrogen-bond donors (Lipinski definition) is 4. The van der Waals surface area contributed by atoms with Crippen molar-refractivity contribution in [1.29, 1.82) is 0 Å². The van der Waals surface area contributed by atoms with Crippen LogP contribution in [0.5, 0.6) is 5.75 Å². The molecule has 26 heavy (non-hydrogen) atoms. The molecule has 1 aromatic rings. The normalized spacial score (nSPS) is 26.5. The molecule has 1 aromatic carbocycles. The average Bonchev–Trinajstić information content (AvgIpc) is 3.01. The van der Waals surface area contributed by atoms with Crippen LogP contribution in [-0.4, -0.2) is 63.0 Å². The SMILES string of the molecule is Cc1ccc(OCC2CCN(C)C2)c(NC(=O)NC2CNC(C)CN2)c1. The number of nitrogens with zero attached hydrogens (tertiary/aromatic N) is 1. The van der Waals surface area contributed by atoms with Crippen molar-refractivity contribution < 1.29 is 9.53 Å². The van der Waals surface area contributed by atoms with E-state index in [1.807, 2.05) is 25.1 Å². The smallest absolute Gasteiger partial charge is 0.320 e. The molecule has 7 nitrogen and oxygen atoms in total. The zero-order valence-corrected chi connectivity index (χ0v) is 16.0. The van der Waals surface area contributed by atoms with E-state index in [9.17, 15) is 4.79 Å². The lowest BCUT2D eigenvalue weighted by Gasteiger charge is -2.29. The van der Waals surface area contributed by atoms with Gasteiger partial charge in [-0.05, 0) is 51.6 Å². The van der Waals surface area contributed by atoms with Gasteiger partial charge in [0, 0.05) is 31.6 Å². The Morgan fingerprint density at radius 3 is 2.88 bits per heavy atom. The molecule has 0 aromatic heterocycles. The molecule has 144 valence electrons. The number of aryl methyl sites for hydroxylation is 1. The summed E-state index contributed by atoms with van der Waals surface area (Å²) in [6.45, 7) is 8.52. The Hall–Kier alpha value is -1.83. The zero-order chi connectivity index (χ0) is 18.5. The number of anilines is 1. The summed E-state index contributed by atoms with van der Waals surface area (Å²) in [4.78, 5) is 14.7. The average molecular weight is 361 g/mol. The molecule has 3 rings (SSSR count). The van der Waals surface area contributed by atoms with Crippen LogP contribution in [0.3, 0.4) is 0 Å². The highest BCUT2D eigenvalue weighted by atomic mass is 16.5. The third-order valence-corrected chi connectivity index (χ3v) is 4.99.